The summed E-state index contributed by atoms with van der Waals surface area (Å²) in [5, 5.41) is 9.09. The van der Waals surface area contributed by atoms with Crippen LogP contribution < -0.4 is 16.0 Å². The average molecular weight is 477 g/mol. The predicted molar refractivity (Wildman–Crippen MR) is 101 cm³/mol. The van der Waals surface area contributed by atoms with Crippen LogP contribution in [0.3, 0.4) is 0 Å². The van der Waals surface area contributed by atoms with Crippen LogP contribution >= 0.6 is 24.0 Å². The topological polar surface area (TPSA) is 68.8 Å². The molecule has 1 saturated heterocycles. The molecule has 25 heavy (non-hydrogen) atoms. The number of rotatable bonds is 7. The lowest BCUT2D eigenvalue weighted by atomic mass is 10.3. The summed E-state index contributed by atoms with van der Waals surface area (Å²) in [6.07, 6.45) is -1.57. The van der Waals surface area contributed by atoms with Gasteiger partial charge in [-0.2, -0.15) is 13.2 Å². The summed E-state index contributed by atoms with van der Waals surface area (Å²) in [5.74, 6) is 0.845. The lowest BCUT2D eigenvalue weighted by Gasteiger charge is -2.19. The van der Waals surface area contributed by atoms with Crippen LogP contribution in [0.15, 0.2) is 4.99 Å². The summed E-state index contributed by atoms with van der Waals surface area (Å²) in [6, 6.07) is -0.0498. The first kappa shape index (κ1) is 22.3. The quantitative estimate of drug-likeness (QED) is 0.224. The Morgan fingerprint density at radius 3 is 2.56 bits per heavy atom. The molecule has 1 saturated carbocycles. The smallest absolute Gasteiger partial charge is 0.357 e. The fraction of sp³-hybridized carbons (Fsp3) is 0.867. The number of likely N-dealkylation sites (tertiary alicyclic amines) is 1. The molecule has 0 radical (unpaired) electrons. The maximum absolute atomic E-state index is 12.4. The molecule has 2 fully saturated rings. The van der Waals surface area contributed by atoms with E-state index in [1.807, 2.05) is 6.92 Å². The van der Waals surface area contributed by atoms with Gasteiger partial charge in [0.05, 0.1) is 13.1 Å². The van der Waals surface area contributed by atoms with Gasteiger partial charge in [0.1, 0.15) is 0 Å². The van der Waals surface area contributed by atoms with Crippen LogP contribution in [-0.4, -0.2) is 68.3 Å². The number of nitrogens with one attached hydrogen (secondary N) is 3. The van der Waals surface area contributed by atoms with E-state index in [1.54, 1.807) is 0 Å². The van der Waals surface area contributed by atoms with Crippen LogP contribution in [0.4, 0.5) is 13.2 Å². The highest BCUT2D eigenvalue weighted by atomic mass is 127. The molecule has 10 heteroatoms. The van der Waals surface area contributed by atoms with Gasteiger partial charge < -0.3 is 16.0 Å². The van der Waals surface area contributed by atoms with Crippen molar-refractivity contribution in [1.82, 2.24) is 20.9 Å². The molecule has 0 aromatic rings. The van der Waals surface area contributed by atoms with Crippen LogP contribution in [0.1, 0.15) is 26.2 Å². The Labute approximate surface area is 163 Å². The number of aliphatic imine (C=N–C) groups is 1. The van der Waals surface area contributed by atoms with E-state index in [0.717, 1.165) is 12.8 Å². The third-order valence-corrected chi connectivity index (χ3v) is 3.99. The number of hydrogen-bond acceptors (Lipinski definition) is 3. The largest absolute Gasteiger partial charge is 0.401 e. The number of nitrogens with zero attached hydrogens (tertiary/aromatic N) is 2. The van der Waals surface area contributed by atoms with Gasteiger partial charge in [0.25, 0.3) is 0 Å². The summed E-state index contributed by atoms with van der Waals surface area (Å²) >= 11 is 0. The molecular weight excluding hydrogens is 450 g/mol. The standard InChI is InChI=1S/C15H26F3N5O.HI/c1-2-19-14(21-7-6-20-13(24)11-3-4-11)22-12-5-8-23(9-12)10-15(16,17)18;/h11-12H,2-10H2,1H3,(H,20,24)(H2,19,21,22);1H. The molecule has 1 heterocycles. The molecule has 146 valence electrons. The van der Waals surface area contributed by atoms with Crippen molar-refractivity contribution in [3.63, 3.8) is 0 Å². The predicted octanol–water partition coefficient (Wildman–Crippen LogP) is 1.32. The zero-order valence-corrected chi connectivity index (χ0v) is 16.7. The zero-order chi connectivity index (χ0) is 17.6. The third kappa shape index (κ3) is 8.93. The van der Waals surface area contributed by atoms with Gasteiger partial charge in [0.2, 0.25) is 5.91 Å². The van der Waals surface area contributed by atoms with Crippen molar-refractivity contribution in [3.05, 3.63) is 0 Å². The first-order chi connectivity index (χ1) is 11.4. The second-order valence-electron chi connectivity index (χ2n) is 6.31. The minimum Gasteiger partial charge on any atom is -0.357 e. The minimum absolute atomic E-state index is 0. The molecule has 3 N–H and O–H groups in total. The highest BCUT2D eigenvalue weighted by Gasteiger charge is 2.34. The summed E-state index contributed by atoms with van der Waals surface area (Å²) in [5.41, 5.74) is 0. The highest BCUT2D eigenvalue weighted by Crippen LogP contribution is 2.28. The van der Waals surface area contributed by atoms with E-state index in [4.69, 9.17) is 0 Å². The number of hydrogen-bond donors (Lipinski definition) is 3. The van der Waals surface area contributed by atoms with Gasteiger partial charge in [-0.3, -0.25) is 14.7 Å². The summed E-state index contributed by atoms with van der Waals surface area (Å²) < 4.78 is 37.3. The van der Waals surface area contributed by atoms with Crippen molar-refractivity contribution >= 4 is 35.8 Å². The van der Waals surface area contributed by atoms with Crippen molar-refractivity contribution in [2.75, 3.05) is 39.3 Å². The van der Waals surface area contributed by atoms with Crippen molar-refractivity contribution in [2.45, 2.75) is 38.4 Å². The molecule has 0 spiro atoms. The van der Waals surface area contributed by atoms with Gasteiger partial charge in [-0.05, 0) is 26.2 Å². The molecule has 1 aliphatic heterocycles. The Morgan fingerprint density at radius 2 is 1.96 bits per heavy atom. The number of halogens is 4. The molecule has 0 aromatic carbocycles. The van der Waals surface area contributed by atoms with Crippen LogP contribution in [0.2, 0.25) is 0 Å². The van der Waals surface area contributed by atoms with Gasteiger partial charge in [0.15, 0.2) is 5.96 Å². The molecule has 1 atom stereocenters. The minimum atomic E-state index is -4.16. The van der Waals surface area contributed by atoms with Crippen molar-refractivity contribution in [3.8, 4) is 0 Å². The Kier molecular flexibility index (Phi) is 9.25. The van der Waals surface area contributed by atoms with E-state index in [-0.39, 0.29) is 41.8 Å². The van der Waals surface area contributed by atoms with Gasteiger partial charge in [0, 0.05) is 38.1 Å². The van der Waals surface area contributed by atoms with Crippen LogP contribution in [0.25, 0.3) is 0 Å². The maximum Gasteiger partial charge on any atom is 0.401 e. The second kappa shape index (κ2) is 10.4. The van der Waals surface area contributed by atoms with Crippen LogP contribution in [0, 0.1) is 5.92 Å². The van der Waals surface area contributed by atoms with E-state index in [9.17, 15) is 18.0 Å². The van der Waals surface area contributed by atoms with Crippen LogP contribution in [-0.2, 0) is 4.79 Å². The van der Waals surface area contributed by atoms with Crippen molar-refractivity contribution < 1.29 is 18.0 Å². The molecule has 1 aliphatic carbocycles. The molecule has 1 amide bonds. The Morgan fingerprint density at radius 1 is 1.24 bits per heavy atom. The maximum atomic E-state index is 12.4. The van der Waals surface area contributed by atoms with Crippen molar-refractivity contribution in [1.29, 1.82) is 0 Å². The van der Waals surface area contributed by atoms with Gasteiger partial charge in [-0.1, -0.05) is 0 Å². The lowest BCUT2D eigenvalue weighted by molar-refractivity contribution is -0.143. The number of amides is 1. The lowest BCUT2D eigenvalue weighted by Crippen LogP contribution is -2.45. The third-order valence-electron chi connectivity index (χ3n) is 3.99. The SMILES string of the molecule is CCNC(=NCCNC(=O)C1CC1)NC1CCN(CC(F)(F)F)C1.I. The van der Waals surface area contributed by atoms with Gasteiger partial charge in [-0.25, -0.2) is 0 Å². The summed E-state index contributed by atoms with van der Waals surface area (Å²) in [6.45, 7) is 3.40. The van der Waals surface area contributed by atoms with Gasteiger partial charge >= 0.3 is 6.18 Å². The summed E-state index contributed by atoms with van der Waals surface area (Å²) in [4.78, 5) is 17.3. The van der Waals surface area contributed by atoms with E-state index < -0.39 is 12.7 Å². The number of guanidine groups is 1. The van der Waals surface area contributed by atoms with E-state index in [2.05, 4.69) is 20.9 Å². The molecule has 2 rings (SSSR count). The molecule has 1 unspecified atom stereocenters. The molecular formula is C15H27F3IN5O. The fourth-order valence-electron chi connectivity index (χ4n) is 2.70. The molecule has 2 aliphatic rings. The zero-order valence-electron chi connectivity index (χ0n) is 14.4. The van der Waals surface area contributed by atoms with E-state index >= 15 is 0 Å². The second-order valence-corrected chi connectivity index (χ2v) is 6.31. The molecule has 0 aromatic heterocycles. The Bertz CT molecular complexity index is 457. The Hall–Kier alpha value is -0.780. The number of carbonyl (C=O) groups excluding carboxylic acids is 1. The average Bonchev–Trinajstić information content (AvgIpc) is 3.25. The summed E-state index contributed by atoms with van der Waals surface area (Å²) in [7, 11) is 0. The molecule has 6 nitrogen and oxygen atoms in total. The normalized spacial score (nSPS) is 21.6. The first-order valence-electron chi connectivity index (χ1n) is 8.49. The fourth-order valence-corrected chi connectivity index (χ4v) is 2.70. The van der Waals surface area contributed by atoms with Crippen molar-refractivity contribution in [2.24, 2.45) is 10.9 Å². The monoisotopic (exact) mass is 477 g/mol. The number of alkyl halides is 3. The van der Waals surface area contributed by atoms with Gasteiger partial charge in [-0.15, -0.1) is 24.0 Å². The Balaban J connectivity index is 0.00000312. The number of carbonyl (C=O) groups is 1. The highest BCUT2D eigenvalue weighted by molar-refractivity contribution is 14.0. The van der Waals surface area contributed by atoms with E-state index in [1.165, 1.54) is 4.90 Å². The molecule has 0 bridgehead atoms. The first-order valence-corrected chi connectivity index (χ1v) is 8.49. The van der Waals surface area contributed by atoms with Crippen LogP contribution in [0.5, 0.6) is 0 Å². The van der Waals surface area contributed by atoms with E-state index in [0.29, 0.717) is 45.1 Å².